The minimum Gasteiger partial charge on any atom is -0.437 e. The van der Waals surface area contributed by atoms with Gasteiger partial charge in [0.15, 0.2) is 11.2 Å². The van der Waals surface area contributed by atoms with Gasteiger partial charge in [-0.2, -0.15) is 4.98 Å². The number of nitrogens with zero attached hydrogens (tertiary/aromatic N) is 3. The van der Waals surface area contributed by atoms with Gasteiger partial charge in [0.05, 0.1) is 6.33 Å². The number of terminal acetylenes is 1. The predicted octanol–water partition coefficient (Wildman–Crippen LogP) is 2.13. The Labute approximate surface area is 103 Å². The highest BCUT2D eigenvalue weighted by atomic mass is 16.5. The van der Waals surface area contributed by atoms with E-state index in [0.717, 1.165) is 5.56 Å². The maximum Gasteiger partial charge on any atom is 0.250 e. The number of nitrogens with one attached hydrogen (secondary N) is 1. The monoisotopic (exact) mass is 236 g/mol. The summed E-state index contributed by atoms with van der Waals surface area (Å²) < 4.78 is 5.66. The summed E-state index contributed by atoms with van der Waals surface area (Å²) in [7, 11) is 0. The van der Waals surface area contributed by atoms with Crippen LogP contribution in [0.25, 0.3) is 11.2 Å². The summed E-state index contributed by atoms with van der Waals surface area (Å²) in [5.74, 6) is 3.57. The number of aromatic nitrogens is 4. The van der Waals surface area contributed by atoms with Gasteiger partial charge in [-0.25, -0.2) is 9.97 Å². The van der Waals surface area contributed by atoms with Gasteiger partial charge in [-0.15, -0.1) is 6.42 Å². The molecule has 0 aliphatic carbocycles. The normalized spacial score (nSPS) is 10.2. The summed E-state index contributed by atoms with van der Waals surface area (Å²) >= 11 is 0. The Balaban J connectivity index is 2.01. The van der Waals surface area contributed by atoms with Crippen molar-refractivity contribution in [3.8, 4) is 24.0 Å². The van der Waals surface area contributed by atoms with Crippen LogP contribution >= 0.6 is 0 Å². The van der Waals surface area contributed by atoms with E-state index in [4.69, 9.17) is 11.2 Å². The Morgan fingerprint density at radius 2 is 2.17 bits per heavy atom. The van der Waals surface area contributed by atoms with E-state index in [1.807, 2.05) is 12.1 Å². The molecule has 0 aliphatic rings. The van der Waals surface area contributed by atoms with E-state index in [9.17, 15) is 0 Å². The lowest BCUT2D eigenvalue weighted by Crippen LogP contribution is -1.91. The number of hydrogen-bond acceptors (Lipinski definition) is 4. The SMILES string of the molecule is C#Cc1cccc(Oc2ncnc3[nH]cnc23)c1. The Morgan fingerprint density at radius 3 is 3.06 bits per heavy atom. The molecule has 3 rings (SSSR count). The van der Waals surface area contributed by atoms with Crippen molar-refractivity contribution in [3.05, 3.63) is 42.5 Å². The van der Waals surface area contributed by atoms with Gasteiger partial charge in [0.25, 0.3) is 5.88 Å². The average Bonchev–Trinajstić information content (AvgIpc) is 2.88. The molecule has 86 valence electrons. The molecule has 0 radical (unpaired) electrons. The highest BCUT2D eigenvalue weighted by Crippen LogP contribution is 2.24. The van der Waals surface area contributed by atoms with Gasteiger partial charge in [-0.3, -0.25) is 0 Å². The zero-order valence-electron chi connectivity index (χ0n) is 9.29. The minimum absolute atomic E-state index is 0.399. The van der Waals surface area contributed by atoms with E-state index in [2.05, 4.69) is 25.9 Å². The van der Waals surface area contributed by atoms with Crippen LogP contribution in [0.15, 0.2) is 36.9 Å². The Morgan fingerprint density at radius 1 is 1.22 bits per heavy atom. The van der Waals surface area contributed by atoms with Gasteiger partial charge in [0.1, 0.15) is 12.1 Å². The van der Waals surface area contributed by atoms with Crippen molar-refractivity contribution in [1.29, 1.82) is 0 Å². The van der Waals surface area contributed by atoms with Gasteiger partial charge in [-0.05, 0) is 18.2 Å². The summed E-state index contributed by atoms with van der Waals surface area (Å²) in [6.07, 6.45) is 8.30. The zero-order valence-corrected chi connectivity index (χ0v) is 9.29. The van der Waals surface area contributed by atoms with E-state index < -0.39 is 0 Å². The van der Waals surface area contributed by atoms with Crippen LogP contribution in [0, 0.1) is 12.3 Å². The lowest BCUT2D eigenvalue weighted by Gasteiger charge is -2.04. The third kappa shape index (κ3) is 1.76. The molecule has 0 fully saturated rings. The van der Waals surface area contributed by atoms with Crippen molar-refractivity contribution in [2.75, 3.05) is 0 Å². The molecular weight excluding hydrogens is 228 g/mol. The van der Waals surface area contributed by atoms with Gasteiger partial charge in [-0.1, -0.05) is 12.0 Å². The van der Waals surface area contributed by atoms with Crippen LogP contribution in [0.2, 0.25) is 0 Å². The van der Waals surface area contributed by atoms with Gasteiger partial charge < -0.3 is 9.72 Å². The molecule has 0 atom stereocenters. The van der Waals surface area contributed by atoms with Crippen LogP contribution in [-0.4, -0.2) is 19.9 Å². The molecule has 2 aromatic heterocycles. The highest BCUT2D eigenvalue weighted by Gasteiger charge is 2.08. The number of ether oxygens (including phenoxy) is 1. The van der Waals surface area contributed by atoms with Crippen LogP contribution in [0.3, 0.4) is 0 Å². The molecule has 0 saturated carbocycles. The zero-order chi connectivity index (χ0) is 12.4. The third-order valence-corrected chi connectivity index (χ3v) is 2.40. The topological polar surface area (TPSA) is 63.7 Å². The summed E-state index contributed by atoms with van der Waals surface area (Å²) in [5.41, 5.74) is 1.97. The fourth-order valence-electron chi connectivity index (χ4n) is 1.58. The second kappa shape index (κ2) is 4.18. The van der Waals surface area contributed by atoms with E-state index in [-0.39, 0.29) is 0 Å². The lowest BCUT2D eigenvalue weighted by molar-refractivity contribution is 0.467. The number of fused-ring (bicyclic) bond motifs is 1. The van der Waals surface area contributed by atoms with E-state index in [1.54, 1.807) is 18.5 Å². The number of imidazole rings is 1. The summed E-state index contributed by atoms with van der Waals surface area (Å²) in [5, 5.41) is 0. The molecule has 0 spiro atoms. The van der Waals surface area contributed by atoms with E-state index >= 15 is 0 Å². The smallest absolute Gasteiger partial charge is 0.250 e. The van der Waals surface area contributed by atoms with Crippen LogP contribution in [0.5, 0.6) is 11.6 Å². The predicted molar refractivity (Wildman–Crippen MR) is 66.1 cm³/mol. The first kappa shape index (κ1) is 10.3. The van der Waals surface area contributed by atoms with Crippen LogP contribution < -0.4 is 4.74 Å². The molecule has 18 heavy (non-hydrogen) atoms. The van der Waals surface area contributed by atoms with Crippen molar-refractivity contribution in [1.82, 2.24) is 19.9 Å². The van der Waals surface area contributed by atoms with Crippen molar-refractivity contribution in [2.24, 2.45) is 0 Å². The molecule has 1 N–H and O–H groups in total. The molecule has 0 amide bonds. The minimum atomic E-state index is 0.399. The van der Waals surface area contributed by atoms with E-state index in [0.29, 0.717) is 22.8 Å². The Kier molecular flexibility index (Phi) is 2.39. The lowest BCUT2D eigenvalue weighted by atomic mass is 10.2. The van der Waals surface area contributed by atoms with Crippen LogP contribution in [-0.2, 0) is 0 Å². The average molecular weight is 236 g/mol. The van der Waals surface area contributed by atoms with Gasteiger partial charge >= 0.3 is 0 Å². The van der Waals surface area contributed by atoms with Gasteiger partial charge in [0, 0.05) is 5.56 Å². The number of aromatic amines is 1. The second-order valence-electron chi connectivity index (χ2n) is 3.55. The summed E-state index contributed by atoms with van der Waals surface area (Å²) in [4.78, 5) is 15.1. The van der Waals surface area contributed by atoms with Gasteiger partial charge in [0.2, 0.25) is 0 Å². The maximum absolute atomic E-state index is 5.66. The fourth-order valence-corrected chi connectivity index (χ4v) is 1.58. The fraction of sp³-hybridized carbons (Fsp3) is 0. The first-order valence-electron chi connectivity index (χ1n) is 5.25. The number of hydrogen-bond donors (Lipinski definition) is 1. The molecule has 0 unspecified atom stereocenters. The van der Waals surface area contributed by atoms with Crippen molar-refractivity contribution in [3.63, 3.8) is 0 Å². The first-order chi connectivity index (χ1) is 8.86. The Bertz CT molecular complexity index is 742. The van der Waals surface area contributed by atoms with Crippen LogP contribution in [0.4, 0.5) is 0 Å². The molecule has 5 nitrogen and oxygen atoms in total. The Hall–Kier alpha value is -2.87. The quantitative estimate of drug-likeness (QED) is 0.692. The molecular formula is C13H8N4O. The number of benzene rings is 1. The van der Waals surface area contributed by atoms with E-state index in [1.165, 1.54) is 6.33 Å². The maximum atomic E-state index is 5.66. The van der Waals surface area contributed by atoms with Crippen molar-refractivity contribution in [2.45, 2.75) is 0 Å². The summed E-state index contributed by atoms with van der Waals surface area (Å²) in [6, 6.07) is 7.23. The molecule has 5 heteroatoms. The number of H-pyrrole nitrogens is 1. The summed E-state index contributed by atoms with van der Waals surface area (Å²) in [6.45, 7) is 0. The molecule has 3 aromatic rings. The third-order valence-electron chi connectivity index (χ3n) is 2.40. The largest absolute Gasteiger partial charge is 0.437 e. The molecule has 0 bridgehead atoms. The van der Waals surface area contributed by atoms with Crippen molar-refractivity contribution >= 4 is 11.2 Å². The molecule has 0 aliphatic heterocycles. The standard InChI is InChI=1S/C13H8N4O/c1-2-9-4-3-5-10(6-9)18-13-11-12(15-7-14-11)16-8-17-13/h1,3-8H,(H,14,15,16,17). The molecule has 0 saturated heterocycles. The highest BCUT2D eigenvalue weighted by molar-refractivity contribution is 5.75. The van der Waals surface area contributed by atoms with Crippen LogP contribution in [0.1, 0.15) is 5.56 Å². The molecule has 2 heterocycles. The van der Waals surface area contributed by atoms with Crippen molar-refractivity contribution < 1.29 is 4.74 Å². The first-order valence-corrected chi connectivity index (χ1v) is 5.25. The molecule has 1 aromatic carbocycles. The second-order valence-corrected chi connectivity index (χ2v) is 3.55. The number of rotatable bonds is 2.